The standard InChI is InChI=1S/C19H17FN2O3/c1-25-14-6-7-17-15(10-14)18(23)16(11-22-17)19(24)21-9-8-12-2-4-13(20)5-3-12/h2-7,10-11H,8-9H2,1H3,(H,21,24)(H,22,23). The van der Waals surface area contributed by atoms with Gasteiger partial charge in [0.1, 0.15) is 17.1 Å². The molecule has 0 saturated heterocycles. The van der Waals surface area contributed by atoms with E-state index < -0.39 is 5.91 Å². The van der Waals surface area contributed by atoms with E-state index in [9.17, 15) is 14.0 Å². The second-order valence-electron chi connectivity index (χ2n) is 5.58. The van der Waals surface area contributed by atoms with E-state index in [1.165, 1.54) is 25.4 Å². The normalized spacial score (nSPS) is 10.6. The van der Waals surface area contributed by atoms with Crippen molar-refractivity contribution in [3.63, 3.8) is 0 Å². The molecule has 1 amide bonds. The lowest BCUT2D eigenvalue weighted by molar-refractivity contribution is 0.0953. The highest BCUT2D eigenvalue weighted by Gasteiger charge is 2.13. The minimum atomic E-state index is -0.451. The Morgan fingerprint density at radius 1 is 1.20 bits per heavy atom. The van der Waals surface area contributed by atoms with Gasteiger partial charge in [-0.1, -0.05) is 12.1 Å². The van der Waals surface area contributed by atoms with Crippen LogP contribution >= 0.6 is 0 Å². The zero-order chi connectivity index (χ0) is 17.8. The lowest BCUT2D eigenvalue weighted by Gasteiger charge is -2.07. The van der Waals surface area contributed by atoms with Crippen molar-refractivity contribution in [2.75, 3.05) is 13.7 Å². The number of H-pyrrole nitrogens is 1. The number of methoxy groups -OCH3 is 1. The number of aromatic nitrogens is 1. The van der Waals surface area contributed by atoms with Gasteiger partial charge in [0.25, 0.3) is 5.91 Å². The number of benzene rings is 2. The highest BCUT2D eigenvalue weighted by molar-refractivity contribution is 5.97. The molecule has 1 aromatic heterocycles. The van der Waals surface area contributed by atoms with Crippen LogP contribution in [0.5, 0.6) is 5.75 Å². The number of aromatic amines is 1. The van der Waals surface area contributed by atoms with Gasteiger partial charge in [-0.3, -0.25) is 9.59 Å². The minimum Gasteiger partial charge on any atom is -0.497 e. The van der Waals surface area contributed by atoms with Crippen LogP contribution in [0, 0.1) is 5.82 Å². The molecular weight excluding hydrogens is 323 g/mol. The Labute approximate surface area is 143 Å². The number of hydrogen-bond acceptors (Lipinski definition) is 3. The molecule has 3 aromatic rings. The first-order chi connectivity index (χ1) is 12.1. The molecule has 2 N–H and O–H groups in total. The van der Waals surface area contributed by atoms with Gasteiger partial charge in [-0.25, -0.2) is 4.39 Å². The average Bonchev–Trinajstić information content (AvgIpc) is 2.63. The lowest BCUT2D eigenvalue weighted by Crippen LogP contribution is -2.30. The van der Waals surface area contributed by atoms with Crippen LogP contribution in [0.2, 0.25) is 0 Å². The maximum absolute atomic E-state index is 12.9. The average molecular weight is 340 g/mol. The number of fused-ring (bicyclic) bond motifs is 1. The van der Waals surface area contributed by atoms with Crippen LogP contribution in [0.3, 0.4) is 0 Å². The molecule has 6 heteroatoms. The summed E-state index contributed by atoms with van der Waals surface area (Å²) in [4.78, 5) is 27.8. The number of amides is 1. The quantitative estimate of drug-likeness (QED) is 0.750. The number of hydrogen-bond donors (Lipinski definition) is 2. The molecule has 0 saturated carbocycles. The van der Waals surface area contributed by atoms with Gasteiger partial charge in [-0.2, -0.15) is 0 Å². The van der Waals surface area contributed by atoms with Gasteiger partial charge in [0.15, 0.2) is 0 Å². The number of nitrogens with one attached hydrogen (secondary N) is 2. The molecule has 2 aromatic carbocycles. The van der Waals surface area contributed by atoms with Gasteiger partial charge in [-0.15, -0.1) is 0 Å². The van der Waals surface area contributed by atoms with E-state index in [1.807, 2.05) is 0 Å². The molecule has 3 rings (SSSR count). The third kappa shape index (κ3) is 3.68. The van der Waals surface area contributed by atoms with Crippen molar-refractivity contribution >= 4 is 16.8 Å². The highest BCUT2D eigenvalue weighted by Crippen LogP contribution is 2.16. The van der Waals surface area contributed by atoms with Crippen molar-refractivity contribution in [3.8, 4) is 5.75 Å². The van der Waals surface area contributed by atoms with Crippen LogP contribution in [0.4, 0.5) is 4.39 Å². The fraction of sp³-hybridized carbons (Fsp3) is 0.158. The van der Waals surface area contributed by atoms with Gasteiger partial charge >= 0.3 is 0 Å². The molecule has 25 heavy (non-hydrogen) atoms. The van der Waals surface area contributed by atoms with Gasteiger partial charge in [0, 0.05) is 23.6 Å². The Balaban J connectivity index is 1.74. The summed E-state index contributed by atoms with van der Waals surface area (Å²) < 4.78 is 18.0. The first kappa shape index (κ1) is 16.7. The van der Waals surface area contributed by atoms with Crippen LogP contribution < -0.4 is 15.5 Å². The Morgan fingerprint density at radius 2 is 1.96 bits per heavy atom. The Bertz CT molecular complexity index is 965. The third-order valence-electron chi connectivity index (χ3n) is 3.95. The summed E-state index contributed by atoms with van der Waals surface area (Å²) in [5.41, 5.74) is 1.22. The minimum absolute atomic E-state index is 0.0415. The maximum atomic E-state index is 12.9. The van der Waals surface area contributed by atoms with Gasteiger partial charge in [-0.05, 0) is 42.3 Å². The van der Waals surface area contributed by atoms with Crippen LogP contribution in [0.25, 0.3) is 10.9 Å². The SMILES string of the molecule is COc1ccc2[nH]cc(C(=O)NCCc3ccc(F)cc3)c(=O)c2c1. The van der Waals surface area contributed by atoms with Crippen LogP contribution in [-0.4, -0.2) is 24.5 Å². The number of pyridine rings is 1. The lowest BCUT2D eigenvalue weighted by atomic mass is 10.1. The van der Waals surface area contributed by atoms with Crippen LogP contribution in [0.15, 0.2) is 53.5 Å². The molecule has 128 valence electrons. The van der Waals surface area contributed by atoms with Crippen molar-refractivity contribution < 1.29 is 13.9 Å². The number of ether oxygens (including phenoxy) is 1. The van der Waals surface area contributed by atoms with Crippen LogP contribution in [-0.2, 0) is 6.42 Å². The monoisotopic (exact) mass is 340 g/mol. The van der Waals surface area contributed by atoms with Gasteiger partial charge < -0.3 is 15.0 Å². The molecule has 0 atom stereocenters. The van der Waals surface area contributed by atoms with Crippen LogP contribution in [0.1, 0.15) is 15.9 Å². The number of carbonyl (C=O) groups excluding carboxylic acids is 1. The molecule has 0 fully saturated rings. The zero-order valence-electron chi connectivity index (χ0n) is 13.6. The third-order valence-corrected chi connectivity index (χ3v) is 3.95. The van der Waals surface area contributed by atoms with Crippen molar-refractivity contribution in [2.45, 2.75) is 6.42 Å². The molecule has 0 aliphatic carbocycles. The smallest absolute Gasteiger partial charge is 0.256 e. The molecule has 0 aliphatic rings. The Kier molecular flexibility index (Phi) is 4.79. The van der Waals surface area contributed by atoms with E-state index in [0.717, 1.165) is 5.56 Å². The summed E-state index contributed by atoms with van der Waals surface area (Å²) >= 11 is 0. The number of rotatable bonds is 5. The Hall–Kier alpha value is -3.15. The van der Waals surface area contributed by atoms with Crippen molar-refractivity contribution in [1.29, 1.82) is 0 Å². The molecule has 0 unspecified atom stereocenters. The predicted molar refractivity (Wildman–Crippen MR) is 93.6 cm³/mol. The van der Waals surface area contributed by atoms with Gasteiger partial charge in [0.2, 0.25) is 5.43 Å². The largest absolute Gasteiger partial charge is 0.497 e. The van der Waals surface area contributed by atoms with E-state index in [4.69, 9.17) is 4.74 Å². The summed E-state index contributed by atoms with van der Waals surface area (Å²) in [5.74, 6) is -0.203. The maximum Gasteiger partial charge on any atom is 0.256 e. The Morgan fingerprint density at radius 3 is 2.68 bits per heavy atom. The predicted octanol–water partition coefficient (Wildman–Crippen LogP) is 2.65. The molecule has 0 radical (unpaired) electrons. The fourth-order valence-electron chi connectivity index (χ4n) is 2.56. The molecule has 0 aliphatic heterocycles. The molecule has 0 spiro atoms. The second-order valence-corrected chi connectivity index (χ2v) is 5.58. The van der Waals surface area contributed by atoms with Crippen molar-refractivity contribution in [2.24, 2.45) is 0 Å². The van der Waals surface area contributed by atoms with E-state index in [2.05, 4.69) is 10.3 Å². The summed E-state index contributed by atoms with van der Waals surface area (Å²) in [6.45, 7) is 0.347. The molecule has 1 heterocycles. The van der Waals surface area contributed by atoms with Crippen molar-refractivity contribution in [3.05, 3.63) is 75.8 Å². The number of halogens is 1. The van der Waals surface area contributed by atoms with E-state index in [0.29, 0.717) is 29.6 Å². The first-order valence-electron chi connectivity index (χ1n) is 7.80. The van der Waals surface area contributed by atoms with Gasteiger partial charge in [0.05, 0.1) is 7.11 Å². The molecule has 0 bridgehead atoms. The zero-order valence-corrected chi connectivity index (χ0v) is 13.6. The van der Waals surface area contributed by atoms with Crippen molar-refractivity contribution in [1.82, 2.24) is 10.3 Å². The summed E-state index contributed by atoms with van der Waals surface area (Å²) in [5, 5.41) is 3.11. The number of carbonyl (C=O) groups is 1. The summed E-state index contributed by atoms with van der Waals surface area (Å²) in [6.07, 6.45) is 1.95. The van der Waals surface area contributed by atoms with E-state index >= 15 is 0 Å². The summed E-state index contributed by atoms with van der Waals surface area (Å²) in [6, 6.07) is 11.1. The summed E-state index contributed by atoms with van der Waals surface area (Å²) in [7, 11) is 1.52. The molecular formula is C19H17FN2O3. The second kappa shape index (κ2) is 7.17. The fourth-order valence-corrected chi connectivity index (χ4v) is 2.56. The first-order valence-corrected chi connectivity index (χ1v) is 7.80. The van der Waals surface area contributed by atoms with E-state index in [1.54, 1.807) is 30.3 Å². The highest BCUT2D eigenvalue weighted by atomic mass is 19.1. The molecule has 5 nitrogen and oxygen atoms in total. The van der Waals surface area contributed by atoms with E-state index in [-0.39, 0.29) is 16.8 Å². The topological polar surface area (TPSA) is 71.2 Å².